The molecule has 0 fully saturated rings. The predicted molar refractivity (Wildman–Crippen MR) is 103 cm³/mol. The van der Waals surface area contributed by atoms with E-state index in [1.54, 1.807) is 0 Å². The molecule has 0 aromatic carbocycles. The van der Waals surface area contributed by atoms with Gasteiger partial charge in [0.1, 0.15) is 0 Å². The quantitative estimate of drug-likeness (QED) is 0.377. The molecule has 0 radical (unpaired) electrons. The SMILES string of the molecule is C=C(CCCC(C)C)C1C2=CC(C=C2)C1C(=C)CCCC(C)C. The maximum atomic E-state index is 4.49. The third-order valence-electron chi connectivity index (χ3n) is 5.50. The first-order valence-electron chi connectivity index (χ1n) is 9.65. The summed E-state index contributed by atoms with van der Waals surface area (Å²) in [6.45, 7) is 18.2. The van der Waals surface area contributed by atoms with Crippen LogP contribution in [0.5, 0.6) is 0 Å². The van der Waals surface area contributed by atoms with Crippen LogP contribution < -0.4 is 0 Å². The summed E-state index contributed by atoms with van der Waals surface area (Å²) < 4.78 is 0. The Balaban J connectivity index is 1.93. The van der Waals surface area contributed by atoms with Crippen molar-refractivity contribution in [2.75, 3.05) is 0 Å². The maximum Gasteiger partial charge on any atom is 0.0116 e. The molecule has 0 aromatic heterocycles. The van der Waals surface area contributed by atoms with Crippen LogP contribution in [0.15, 0.2) is 48.1 Å². The summed E-state index contributed by atoms with van der Waals surface area (Å²) in [7, 11) is 0. The van der Waals surface area contributed by atoms with Crippen LogP contribution in [0.4, 0.5) is 0 Å². The molecule has 128 valence electrons. The third kappa shape index (κ3) is 4.72. The third-order valence-corrected chi connectivity index (χ3v) is 5.50. The Morgan fingerprint density at radius 3 is 2.09 bits per heavy atom. The summed E-state index contributed by atoms with van der Waals surface area (Å²) in [6.07, 6.45) is 14.7. The molecule has 23 heavy (non-hydrogen) atoms. The Morgan fingerprint density at radius 2 is 1.52 bits per heavy atom. The number of hydrogen-bond donors (Lipinski definition) is 0. The second-order valence-electron chi connectivity index (χ2n) is 8.50. The van der Waals surface area contributed by atoms with Crippen LogP contribution >= 0.6 is 0 Å². The fourth-order valence-electron chi connectivity index (χ4n) is 4.21. The number of rotatable bonds is 10. The molecule has 2 aliphatic carbocycles. The van der Waals surface area contributed by atoms with Gasteiger partial charge in [-0.25, -0.2) is 0 Å². The summed E-state index contributed by atoms with van der Waals surface area (Å²) in [5.74, 6) is 3.31. The van der Waals surface area contributed by atoms with Gasteiger partial charge in [0.2, 0.25) is 0 Å². The molecular formula is C23H36. The van der Waals surface area contributed by atoms with Crippen molar-refractivity contribution in [2.45, 2.75) is 66.2 Å². The predicted octanol–water partition coefficient (Wildman–Crippen LogP) is 7.11. The van der Waals surface area contributed by atoms with E-state index in [-0.39, 0.29) is 0 Å². The van der Waals surface area contributed by atoms with E-state index in [0.717, 1.165) is 11.8 Å². The second-order valence-corrected chi connectivity index (χ2v) is 8.50. The molecule has 0 saturated heterocycles. The molecule has 2 aliphatic rings. The zero-order chi connectivity index (χ0) is 17.0. The molecule has 0 aromatic rings. The molecule has 0 N–H and O–H groups in total. The number of fused-ring (bicyclic) bond motifs is 1. The second kappa shape index (κ2) is 8.18. The Morgan fingerprint density at radius 1 is 0.957 bits per heavy atom. The van der Waals surface area contributed by atoms with Gasteiger partial charge in [0.15, 0.2) is 0 Å². The highest BCUT2D eigenvalue weighted by Gasteiger charge is 2.40. The van der Waals surface area contributed by atoms with E-state index < -0.39 is 0 Å². The Labute approximate surface area is 144 Å². The van der Waals surface area contributed by atoms with Gasteiger partial charge in [-0.05, 0) is 49.0 Å². The van der Waals surface area contributed by atoms with Crippen LogP contribution in [0, 0.1) is 29.6 Å². The molecule has 0 spiro atoms. The van der Waals surface area contributed by atoms with E-state index in [4.69, 9.17) is 0 Å². The Bertz CT molecular complexity index is 486. The van der Waals surface area contributed by atoms with Gasteiger partial charge in [-0.2, -0.15) is 0 Å². The molecular weight excluding hydrogens is 276 g/mol. The zero-order valence-corrected chi connectivity index (χ0v) is 15.8. The first-order valence-corrected chi connectivity index (χ1v) is 9.65. The van der Waals surface area contributed by atoms with Crippen LogP contribution in [-0.4, -0.2) is 0 Å². The molecule has 2 bridgehead atoms. The Hall–Kier alpha value is -1.04. The average Bonchev–Trinajstić information content (AvgIpc) is 3.06. The van der Waals surface area contributed by atoms with E-state index in [1.165, 1.54) is 55.2 Å². The lowest BCUT2D eigenvalue weighted by molar-refractivity contribution is 0.423. The van der Waals surface area contributed by atoms with Crippen LogP contribution in [0.3, 0.4) is 0 Å². The van der Waals surface area contributed by atoms with Gasteiger partial charge < -0.3 is 0 Å². The van der Waals surface area contributed by atoms with E-state index in [9.17, 15) is 0 Å². The van der Waals surface area contributed by atoms with E-state index in [1.807, 2.05) is 0 Å². The fourth-order valence-corrected chi connectivity index (χ4v) is 4.21. The first kappa shape index (κ1) is 18.3. The van der Waals surface area contributed by atoms with Crippen molar-refractivity contribution in [1.29, 1.82) is 0 Å². The molecule has 0 heteroatoms. The van der Waals surface area contributed by atoms with Crippen molar-refractivity contribution in [1.82, 2.24) is 0 Å². The van der Waals surface area contributed by atoms with Crippen molar-refractivity contribution in [2.24, 2.45) is 29.6 Å². The number of hydrogen-bond acceptors (Lipinski definition) is 0. The van der Waals surface area contributed by atoms with E-state index >= 15 is 0 Å². The largest absolute Gasteiger partial charge is 0.0995 e. The van der Waals surface area contributed by atoms with Crippen molar-refractivity contribution in [3.63, 3.8) is 0 Å². The summed E-state index contributed by atoms with van der Waals surface area (Å²) in [5, 5.41) is 0. The van der Waals surface area contributed by atoms with Crippen molar-refractivity contribution in [3.8, 4) is 0 Å². The molecule has 3 unspecified atom stereocenters. The smallest absolute Gasteiger partial charge is 0.0116 e. The van der Waals surface area contributed by atoms with Gasteiger partial charge in [-0.15, -0.1) is 0 Å². The molecule has 0 saturated carbocycles. The molecule has 0 amide bonds. The van der Waals surface area contributed by atoms with E-state index in [0.29, 0.717) is 17.8 Å². The monoisotopic (exact) mass is 312 g/mol. The van der Waals surface area contributed by atoms with Crippen LogP contribution in [0.2, 0.25) is 0 Å². The highest BCUT2D eigenvalue weighted by molar-refractivity contribution is 5.46. The van der Waals surface area contributed by atoms with Gasteiger partial charge in [-0.3, -0.25) is 0 Å². The topological polar surface area (TPSA) is 0 Å². The maximum absolute atomic E-state index is 4.49. The number of allylic oxidation sites excluding steroid dienone is 6. The minimum absolute atomic E-state index is 0.545. The lowest BCUT2D eigenvalue weighted by atomic mass is 9.72. The minimum atomic E-state index is 0.545. The van der Waals surface area contributed by atoms with Crippen molar-refractivity contribution < 1.29 is 0 Å². The fraction of sp³-hybridized carbons (Fsp3) is 0.652. The summed E-state index contributed by atoms with van der Waals surface area (Å²) in [4.78, 5) is 0. The highest BCUT2D eigenvalue weighted by Crippen LogP contribution is 2.50. The van der Waals surface area contributed by atoms with Gasteiger partial charge in [0.05, 0.1) is 0 Å². The zero-order valence-electron chi connectivity index (χ0n) is 15.8. The van der Waals surface area contributed by atoms with E-state index in [2.05, 4.69) is 59.1 Å². The van der Waals surface area contributed by atoms with Gasteiger partial charge >= 0.3 is 0 Å². The molecule has 3 atom stereocenters. The lowest BCUT2D eigenvalue weighted by Crippen LogP contribution is -2.22. The van der Waals surface area contributed by atoms with Crippen LogP contribution in [-0.2, 0) is 0 Å². The standard InChI is InChI=1S/C23H36/c1-16(2)9-7-11-18(5)22-20-13-14-21(15-20)23(22)19(6)12-8-10-17(3)4/h13-17,20,22-23H,5-12H2,1-4H3. The Kier molecular flexibility index (Phi) is 6.50. The van der Waals surface area contributed by atoms with Crippen LogP contribution in [0.25, 0.3) is 0 Å². The lowest BCUT2D eigenvalue weighted by Gasteiger charge is -2.32. The molecule has 2 rings (SSSR count). The van der Waals surface area contributed by atoms with Crippen molar-refractivity contribution >= 4 is 0 Å². The summed E-state index contributed by atoms with van der Waals surface area (Å²) >= 11 is 0. The normalized spacial score (nSPS) is 25.5. The minimum Gasteiger partial charge on any atom is -0.0995 e. The van der Waals surface area contributed by atoms with Crippen LogP contribution in [0.1, 0.15) is 66.2 Å². The highest BCUT2D eigenvalue weighted by atomic mass is 14.4. The summed E-state index contributed by atoms with van der Waals surface area (Å²) in [5.41, 5.74) is 4.42. The molecule has 0 aliphatic heterocycles. The van der Waals surface area contributed by atoms with Gasteiger partial charge in [0, 0.05) is 11.8 Å². The van der Waals surface area contributed by atoms with Gasteiger partial charge in [-0.1, -0.05) is 83.1 Å². The summed E-state index contributed by atoms with van der Waals surface area (Å²) in [6, 6.07) is 0. The average molecular weight is 313 g/mol. The first-order chi connectivity index (χ1) is 10.9. The molecule has 0 heterocycles. The van der Waals surface area contributed by atoms with Crippen molar-refractivity contribution in [3.05, 3.63) is 48.1 Å². The molecule has 0 nitrogen and oxygen atoms in total. The van der Waals surface area contributed by atoms with Gasteiger partial charge in [0.25, 0.3) is 0 Å².